The standard InChI is InChI=1S/C35H40N4O4/c1-23-17-19-37-31(20-23)36-18-7-10-32(40)38-22-33(41)39-30(21-34(42)43)25-13-11-24(12-14-25)26-15-16-29(35(2,3)4)28-9-6-5-8-27(26)28/h5-6,8-9,11-17,19-20,30H,7,10,18,21-22H2,1-4H3,(H,36,37)(H,38,40)(H,39,41)(H,42,43). The summed E-state index contributed by atoms with van der Waals surface area (Å²) in [5, 5.41) is 20.4. The van der Waals surface area contributed by atoms with E-state index >= 15 is 0 Å². The number of anilines is 1. The summed E-state index contributed by atoms with van der Waals surface area (Å²) in [6.07, 6.45) is 2.27. The van der Waals surface area contributed by atoms with Crippen molar-refractivity contribution in [2.24, 2.45) is 0 Å². The third-order valence-corrected chi connectivity index (χ3v) is 7.32. The lowest BCUT2D eigenvalue weighted by Crippen LogP contribution is -2.39. The number of aliphatic carboxylic acids is 1. The highest BCUT2D eigenvalue weighted by Gasteiger charge is 2.20. The number of fused-ring (bicyclic) bond motifs is 1. The quantitative estimate of drug-likeness (QED) is 0.149. The maximum atomic E-state index is 12.7. The lowest BCUT2D eigenvalue weighted by Gasteiger charge is -2.23. The van der Waals surface area contributed by atoms with Crippen molar-refractivity contribution in [3.8, 4) is 11.1 Å². The van der Waals surface area contributed by atoms with E-state index in [0.29, 0.717) is 18.5 Å². The number of nitrogens with one attached hydrogen (secondary N) is 3. The Morgan fingerprint density at radius 1 is 0.907 bits per heavy atom. The van der Waals surface area contributed by atoms with Crippen LogP contribution in [0.25, 0.3) is 21.9 Å². The molecule has 1 heterocycles. The summed E-state index contributed by atoms with van der Waals surface area (Å²) >= 11 is 0. The van der Waals surface area contributed by atoms with Crippen LogP contribution >= 0.6 is 0 Å². The van der Waals surface area contributed by atoms with Gasteiger partial charge in [0, 0.05) is 19.2 Å². The maximum Gasteiger partial charge on any atom is 0.305 e. The van der Waals surface area contributed by atoms with Crippen molar-refractivity contribution < 1.29 is 19.5 Å². The van der Waals surface area contributed by atoms with E-state index in [1.54, 1.807) is 6.20 Å². The number of rotatable bonds is 12. The van der Waals surface area contributed by atoms with E-state index < -0.39 is 17.9 Å². The molecule has 0 spiro atoms. The Balaban J connectivity index is 1.36. The lowest BCUT2D eigenvalue weighted by atomic mass is 9.82. The molecule has 3 aromatic carbocycles. The van der Waals surface area contributed by atoms with Crippen LogP contribution in [-0.4, -0.2) is 41.0 Å². The van der Waals surface area contributed by atoms with Gasteiger partial charge in [-0.25, -0.2) is 4.98 Å². The molecule has 4 rings (SSSR count). The number of carboxylic acid groups (broad SMARTS) is 1. The molecule has 0 fully saturated rings. The minimum absolute atomic E-state index is 0.000271. The fourth-order valence-corrected chi connectivity index (χ4v) is 5.14. The predicted molar refractivity (Wildman–Crippen MR) is 171 cm³/mol. The Labute approximate surface area is 252 Å². The van der Waals surface area contributed by atoms with E-state index in [4.69, 9.17) is 0 Å². The Morgan fingerprint density at radius 2 is 1.63 bits per heavy atom. The SMILES string of the molecule is Cc1ccnc(NCCCC(=O)NCC(=O)NC(CC(=O)O)c2ccc(-c3ccc(C(C)(C)C)c4ccccc34)cc2)c1. The molecule has 224 valence electrons. The Morgan fingerprint density at radius 3 is 2.30 bits per heavy atom. The molecular weight excluding hydrogens is 540 g/mol. The number of benzene rings is 3. The van der Waals surface area contributed by atoms with Gasteiger partial charge < -0.3 is 21.1 Å². The summed E-state index contributed by atoms with van der Waals surface area (Å²) in [5.74, 6) is -0.977. The summed E-state index contributed by atoms with van der Waals surface area (Å²) in [6, 6.07) is 23.4. The molecule has 0 saturated carbocycles. The second kappa shape index (κ2) is 14.0. The van der Waals surface area contributed by atoms with Crippen LogP contribution in [0, 0.1) is 6.92 Å². The van der Waals surface area contributed by atoms with E-state index in [1.807, 2.05) is 55.5 Å². The topological polar surface area (TPSA) is 120 Å². The molecule has 43 heavy (non-hydrogen) atoms. The van der Waals surface area contributed by atoms with E-state index in [2.05, 4.69) is 66.0 Å². The average Bonchev–Trinajstić information content (AvgIpc) is 2.97. The van der Waals surface area contributed by atoms with Gasteiger partial charge in [-0.05, 0) is 69.5 Å². The summed E-state index contributed by atoms with van der Waals surface area (Å²) < 4.78 is 0. The largest absolute Gasteiger partial charge is 0.481 e. The summed E-state index contributed by atoms with van der Waals surface area (Å²) in [7, 11) is 0. The van der Waals surface area contributed by atoms with E-state index in [9.17, 15) is 19.5 Å². The number of amides is 2. The Bertz CT molecular complexity index is 1590. The number of nitrogens with zero attached hydrogens (tertiary/aromatic N) is 1. The molecule has 4 N–H and O–H groups in total. The number of aryl methyl sites for hydroxylation is 1. The van der Waals surface area contributed by atoms with Gasteiger partial charge in [0.2, 0.25) is 11.8 Å². The average molecular weight is 581 g/mol. The first-order valence-electron chi connectivity index (χ1n) is 14.6. The first-order chi connectivity index (χ1) is 20.5. The van der Waals surface area contributed by atoms with Gasteiger partial charge in [0.25, 0.3) is 0 Å². The van der Waals surface area contributed by atoms with Gasteiger partial charge in [0.05, 0.1) is 19.0 Å². The molecule has 1 aromatic heterocycles. The highest BCUT2D eigenvalue weighted by atomic mass is 16.4. The molecule has 1 unspecified atom stereocenters. The third kappa shape index (κ3) is 8.64. The molecule has 0 aliphatic heterocycles. The molecule has 2 amide bonds. The predicted octanol–water partition coefficient (Wildman–Crippen LogP) is 6.15. The van der Waals surface area contributed by atoms with Gasteiger partial charge in [-0.1, -0.05) is 81.4 Å². The van der Waals surface area contributed by atoms with Crippen molar-refractivity contribution >= 4 is 34.4 Å². The number of pyridine rings is 1. The van der Waals surface area contributed by atoms with E-state index in [0.717, 1.165) is 27.9 Å². The zero-order chi connectivity index (χ0) is 31.0. The number of hydrogen-bond acceptors (Lipinski definition) is 5. The van der Waals surface area contributed by atoms with Gasteiger partial charge in [-0.3, -0.25) is 14.4 Å². The maximum absolute atomic E-state index is 12.7. The monoisotopic (exact) mass is 580 g/mol. The molecule has 0 aliphatic carbocycles. The fourth-order valence-electron chi connectivity index (χ4n) is 5.14. The van der Waals surface area contributed by atoms with Crippen LogP contribution in [0.1, 0.15) is 62.8 Å². The zero-order valence-corrected chi connectivity index (χ0v) is 25.2. The van der Waals surface area contributed by atoms with Gasteiger partial charge in [-0.15, -0.1) is 0 Å². The third-order valence-electron chi connectivity index (χ3n) is 7.32. The van der Waals surface area contributed by atoms with Crippen LogP contribution in [0.15, 0.2) is 79.0 Å². The molecule has 0 bridgehead atoms. The molecule has 1 atom stereocenters. The summed E-state index contributed by atoms with van der Waals surface area (Å²) in [6.45, 7) is 8.93. The number of hydrogen-bond donors (Lipinski definition) is 4. The molecule has 4 aromatic rings. The van der Waals surface area contributed by atoms with Crippen LogP contribution in [0.3, 0.4) is 0 Å². The van der Waals surface area contributed by atoms with E-state index in [1.165, 1.54) is 10.9 Å². The molecular formula is C35H40N4O4. The van der Waals surface area contributed by atoms with Gasteiger partial charge in [0.15, 0.2) is 0 Å². The Hall–Kier alpha value is -4.72. The Kier molecular flexibility index (Phi) is 10.1. The number of carbonyl (C=O) groups is 3. The van der Waals surface area contributed by atoms with Crippen molar-refractivity contribution in [1.82, 2.24) is 15.6 Å². The van der Waals surface area contributed by atoms with E-state index in [-0.39, 0.29) is 30.7 Å². The van der Waals surface area contributed by atoms with Crippen LogP contribution in [0.2, 0.25) is 0 Å². The summed E-state index contributed by atoms with van der Waals surface area (Å²) in [4.78, 5) is 40.8. The van der Waals surface area contributed by atoms with Crippen molar-refractivity contribution in [3.05, 3.63) is 95.7 Å². The lowest BCUT2D eigenvalue weighted by molar-refractivity contribution is -0.138. The second-order valence-electron chi connectivity index (χ2n) is 11.8. The minimum Gasteiger partial charge on any atom is -0.481 e. The second-order valence-corrected chi connectivity index (χ2v) is 11.8. The van der Waals surface area contributed by atoms with Gasteiger partial charge in [-0.2, -0.15) is 0 Å². The number of carbonyl (C=O) groups excluding carboxylic acids is 2. The molecule has 8 nitrogen and oxygen atoms in total. The zero-order valence-electron chi connectivity index (χ0n) is 25.2. The highest BCUT2D eigenvalue weighted by molar-refractivity contribution is 5.99. The van der Waals surface area contributed by atoms with Crippen molar-refractivity contribution in [3.63, 3.8) is 0 Å². The van der Waals surface area contributed by atoms with Crippen LogP contribution in [-0.2, 0) is 19.8 Å². The van der Waals surface area contributed by atoms with Gasteiger partial charge in [0.1, 0.15) is 5.82 Å². The fraction of sp³-hybridized carbons (Fsp3) is 0.314. The number of aromatic nitrogens is 1. The molecule has 0 aliphatic rings. The van der Waals surface area contributed by atoms with Crippen molar-refractivity contribution in [2.75, 3.05) is 18.4 Å². The number of carboxylic acids is 1. The van der Waals surface area contributed by atoms with Crippen molar-refractivity contribution in [1.29, 1.82) is 0 Å². The van der Waals surface area contributed by atoms with Crippen molar-refractivity contribution in [2.45, 2.75) is 58.4 Å². The minimum atomic E-state index is -1.03. The molecule has 0 saturated heterocycles. The van der Waals surface area contributed by atoms with Crippen LogP contribution in [0.5, 0.6) is 0 Å². The first-order valence-corrected chi connectivity index (χ1v) is 14.6. The molecule has 8 heteroatoms. The van der Waals surface area contributed by atoms with Crippen LogP contribution < -0.4 is 16.0 Å². The highest BCUT2D eigenvalue weighted by Crippen LogP contribution is 2.36. The molecule has 0 radical (unpaired) electrons. The van der Waals surface area contributed by atoms with Crippen LogP contribution in [0.4, 0.5) is 5.82 Å². The normalized spacial score (nSPS) is 12.0. The smallest absolute Gasteiger partial charge is 0.305 e. The van der Waals surface area contributed by atoms with Gasteiger partial charge >= 0.3 is 5.97 Å². The summed E-state index contributed by atoms with van der Waals surface area (Å²) in [5.41, 5.74) is 5.13. The first kappa shape index (κ1) is 31.2.